The fourth-order valence-corrected chi connectivity index (χ4v) is 1.74. The zero-order valence-electron chi connectivity index (χ0n) is 9.61. The SMILES string of the molecule is CC(C)(C)O[C@H]1C(O)C(O)[C@H](O)C(O)C1O. The Hall–Kier alpha value is -0.240. The lowest BCUT2D eigenvalue weighted by atomic mass is 9.84. The molecule has 0 amide bonds. The Morgan fingerprint density at radius 1 is 0.688 bits per heavy atom. The Morgan fingerprint density at radius 3 is 1.31 bits per heavy atom. The number of aliphatic hydroxyl groups is 5. The zero-order chi connectivity index (χ0) is 12.7. The molecule has 0 bridgehead atoms. The smallest absolute Gasteiger partial charge is 0.115 e. The van der Waals surface area contributed by atoms with Crippen molar-refractivity contribution in [3.05, 3.63) is 0 Å². The first-order valence-electron chi connectivity index (χ1n) is 5.23. The molecule has 1 aliphatic carbocycles. The third-order valence-corrected chi connectivity index (χ3v) is 2.56. The summed E-state index contributed by atoms with van der Waals surface area (Å²) in [5, 5.41) is 47.5. The molecule has 0 spiro atoms. The van der Waals surface area contributed by atoms with Gasteiger partial charge in [0.15, 0.2) is 0 Å². The summed E-state index contributed by atoms with van der Waals surface area (Å²) < 4.78 is 5.36. The van der Waals surface area contributed by atoms with Gasteiger partial charge in [-0.15, -0.1) is 0 Å². The summed E-state index contributed by atoms with van der Waals surface area (Å²) in [4.78, 5) is 0. The van der Waals surface area contributed by atoms with E-state index in [-0.39, 0.29) is 0 Å². The maximum absolute atomic E-state index is 9.65. The second-order valence-corrected chi connectivity index (χ2v) is 5.15. The second kappa shape index (κ2) is 4.56. The van der Waals surface area contributed by atoms with E-state index in [9.17, 15) is 25.5 Å². The van der Waals surface area contributed by atoms with Crippen molar-refractivity contribution < 1.29 is 30.3 Å². The summed E-state index contributed by atoms with van der Waals surface area (Å²) in [6.07, 6.45) is -8.66. The average molecular weight is 236 g/mol. The number of hydrogen-bond donors (Lipinski definition) is 5. The van der Waals surface area contributed by atoms with Crippen molar-refractivity contribution >= 4 is 0 Å². The molecule has 96 valence electrons. The summed E-state index contributed by atoms with van der Waals surface area (Å²) in [5.41, 5.74) is -0.644. The van der Waals surface area contributed by atoms with Crippen LogP contribution in [0, 0.1) is 0 Å². The van der Waals surface area contributed by atoms with E-state index in [0.717, 1.165) is 0 Å². The Balaban J connectivity index is 2.83. The van der Waals surface area contributed by atoms with E-state index >= 15 is 0 Å². The Kier molecular flexibility index (Phi) is 3.94. The topological polar surface area (TPSA) is 110 Å². The molecule has 1 rings (SSSR count). The largest absolute Gasteiger partial charge is 0.387 e. The summed E-state index contributed by atoms with van der Waals surface area (Å²) in [6, 6.07) is 0. The van der Waals surface area contributed by atoms with Crippen LogP contribution in [-0.4, -0.2) is 67.8 Å². The average Bonchev–Trinajstić information content (AvgIpc) is 2.17. The van der Waals surface area contributed by atoms with Gasteiger partial charge >= 0.3 is 0 Å². The minimum absolute atomic E-state index is 0.644. The van der Waals surface area contributed by atoms with Gasteiger partial charge in [-0.05, 0) is 20.8 Å². The van der Waals surface area contributed by atoms with E-state index in [2.05, 4.69) is 0 Å². The molecule has 0 aromatic rings. The van der Waals surface area contributed by atoms with Gasteiger partial charge < -0.3 is 30.3 Å². The van der Waals surface area contributed by atoms with Crippen molar-refractivity contribution in [1.82, 2.24) is 0 Å². The second-order valence-electron chi connectivity index (χ2n) is 5.15. The third-order valence-electron chi connectivity index (χ3n) is 2.56. The van der Waals surface area contributed by atoms with Crippen LogP contribution >= 0.6 is 0 Å². The Morgan fingerprint density at radius 2 is 1.00 bits per heavy atom. The van der Waals surface area contributed by atoms with E-state index in [0.29, 0.717) is 0 Å². The number of ether oxygens (including phenoxy) is 1. The highest BCUT2D eigenvalue weighted by Gasteiger charge is 2.49. The highest BCUT2D eigenvalue weighted by molar-refractivity contribution is 5.00. The molecule has 1 fully saturated rings. The van der Waals surface area contributed by atoms with Gasteiger partial charge in [-0.1, -0.05) is 0 Å². The van der Waals surface area contributed by atoms with Gasteiger partial charge in [0.2, 0.25) is 0 Å². The van der Waals surface area contributed by atoms with Gasteiger partial charge in [-0.2, -0.15) is 0 Å². The molecule has 0 aliphatic heterocycles. The lowest BCUT2D eigenvalue weighted by Gasteiger charge is -2.43. The molecule has 5 N–H and O–H groups in total. The fraction of sp³-hybridized carbons (Fsp3) is 1.00. The fourth-order valence-electron chi connectivity index (χ4n) is 1.74. The maximum atomic E-state index is 9.65. The van der Waals surface area contributed by atoms with Gasteiger partial charge in [0.25, 0.3) is 0 Å². The van der Waals surface area contributed by atoms with E-state index in [1.54, 1.807) is 20.8 Å². The van der Waals surface area contributed by atoms with Crippen LogP contribution in [0.5, 0.6) is 0 Å². The summed E-state index contributed by atoms with van der Waals surface area (Å²) in [5.74, 6) is 0. The van der Waals surface area contributed by atoms with Crippen LogP contribution in [-0.2, 0) is 4.74 Å². The molecule has 0 aromatic carbocycles. The van der Waals surface area contributed by atoms with Gasteiger partial charge in [0, 0.05) is 0 Å². The Labute approximate surface area is 94.1 Å². The van der Waals surface area contributed by atoms with Crippen LogP contribution in [0.25, 0.3) is 0 Å². The lowest BCUT2D eigenvalue weighted by Crippen LogP contribution is -2.65. The molecule has 1 aliphatic rings. The predicted molar refractivity (Wildman–Crippen MR) is 54.7 cm³/mol. The molecule has 6 heteroatoms. The van der Waals surface area contributed by atoms with Crippen molar-refractivity contribution in [2.45, 2.75) is 63.0 Å². The normalized spacial score (nSPS) is 45.8. The van der Waals surface area contributed by atoms with E-state index in [1.165, 1.54) is 0 Å². The number of hydrogen-bond acceptors (Lipinski definition) is 6. The monoisotopic (exact) mass is 236 g/mol. The maximum Gasteiger partial charge on any atom is 0.115 e. The van der Waals surface area contributed by atoms with Crippen LogP contribution in [0.15, 0.2) is 0 Å². The third kappa shape index (κ3) is 2.71. The molecule has 0 heterocycles. The molecule has 4 atom stereocenters. The van der Waals surface area contributed by atoms with Gasteiger partial charge in [-0.25, -0.2) is 0 Å². The molecule has 4 unspecified atom stereocenters. The minimum Gasteiger partial charge on any atom is -0.387 e. The van der Waals surface area contributed by atoms with Crippen molar-refractivity contribution in [1.29, 1.82) is 0 Å². The number of aliphatic hydroxyl groups excluding tert-OH is 5. The first-order chi connectivity index (χ1) is 7.15. The zero-order valence-corrected chi connectivity index (χ0v) is 9.61. The van der Waals surface area contributed by atoms with Crippen LogP contribution < -0.4 is 0 Å². The van der Waals surface area contributed by atoms with Gasteiger partial charge in [0.1, 0.15) is 36.6 Å². The predicted octanol–water partition coefficient (Wildman–Crippen LogP) is -2.01. The molecular weight excluding hydrogens is 216 g/mol. The highest BCUT2D eigenvalue weighted by atomic mass is 16.5. The van der Waals surface area contributed by atoms with E-state index < -0.39 is 42.2 Å². The first kappa shape index (κ1) is 13.8. The minimum atomic E-state index is -1.58. The molecular formula is C10H20O6. The van der Waals surface area contributed by atoms with Crippen molar-refractivity contribution in [3.63, 3.8) is 0 Å². The van der Waals surface area contributed by atoms with Crippen LogP contribution in [0.4, 0.5) is 0 Å². The molecule has 6 nitrogen and oxygen atoms in total. The lowest BCUT2D eigenvalue weighted by molar-refractivity contribution is -0.254. The number of rotatable bonds is 1. The summed E-state index contributed by atoms with van der Waals surface area (Å²) in [7, 11) is 0. The van der Waals surface area contributed by atoms with Crippen LogP contribution in [0.1, 0.15) is 20.8 Å². The van der Waals surface area contributed by atoms with Crippen LogP contribution in [0.3, 0.4) is 0 Å². The first-order valence-corrected chi connectivity index (χ1v) is 5.23. The summed E-state index contributed by atoms with van der Waals surface area (Å²) >= 11 is 0. The summed E-state index contributed by atoms with van der Waals surface area (Å²) in [6.45, 7) is 5.16. The van der Waals surface area contributed by atoms with Crippen molar-refractivity contribution in [2.24, 2.45) is 0 Å². The van der Waals surface area contributed by atoms with Crippen molar-refractivity contribution in [3.8, 4) is 0 Å². The molecule has 0 saturated heterocycles. The van der Waals surface area contributed by atoms with Gasteiger partial charge in [-0.3, -0.25) is 0 Å². The van der Waals surface area contributed by atoms with Gasteiger partial charge in [0.05, 0.1) is 5.60 Å². The molecule has 0 radical (unpaired) electrons. The van der Waals surface area contributed by atoms with E-state index in [1.807, 2.05) is 0 Å². The Bertz CT molecular complexity index is 222. The molecule has 16 heavy (non-hydrogen) atoms. The quantitative estimate of drug-likeness (QED) is 0.360. The van der Waals surface area contributed by atoms with Crippen molar-refractivity contribution in [2.75, 3.05) is 0 Å². The van der Waals surface area contributed by atoms with Crippen LogP contribution in [0.2, 0.25) is 0 Å². The standard InChI is InChI=1S/C10H20O6/c1-10(2,3)16-9-7(14)5(12)4(11)6(13)8(9)15/h4-9,11-15H,1-3H3/t4-,5?,6?,7?,8?,9-. The highest BCUT2D eigenvalue weighted by Crippen LogP contribution is 2.27. The molecule has 0 aromatic heterocycles. The molecule has 1 saturated carbocycles. The van der Waals surface area contributed by atoms with E-state index in [4.69, 9.17) is 4.74 Å².